The molecule has 9 nitrogen and oxygen atoms in total. The molecule has 0 spiro atoms. The highest BCUT2D eigenvalue weighted by atomic mass is 32.2. The number of hydrogen-bond donors (Lipinski definition) is 0. The smallest absolute Gasteiger partial charge is 0.280 e. The van der Waals surface area contributed by atoms with Gasteiger partial charge in [0.25, 0.3) is 15.6 Å². The predicted octanol–water partition coefficient (Wildman–Crippen LogP) is 6.49. The van der Waals surface area contributed by atoms with Gasteiger partial charge in [-0.15, -0.1) is 10.2 Å². The van der Waals surface area contributed by atoms with Gasteiger partial charge in [-0.2, -0.15) is 0 Å². The van der Waals surface area contributed by atoms with Gasteiger partial charge in [0, 0.05) is 54.9 Å². The third-order valence-electron chi connectivity index (χ3n) is 11.3. The molecule has 49 heavy (non-hydrogen) atoms. The Labute approximate surface area is 288 Å². The Hall–Kier alpha value is -4.02. The number of benzene rings is 2. The van der Waals surface area contributed by atoms with E-state index in [1.54, 1.807) is 23.0 Å². The average molecular weight is 679 g/mol. The minimum Gasteiger partial charge on any atom is -0.321 e. The van der Waals surface area contributed by atoms with Crippen LogP contribution in [0.1, 0.15) is 86.5 Å². The van der Waals surface area contributed by atoms with Gasteiger partial charge in [-0.1, -0.05) is 43.7 Å². The lowest BCUT2D eigenvalue weighted by Gasteiger charge is -2.47. The highest BCUT2D eigenvalue weighted by Gasteiger charge is 2.44. The van der Waals surface area contributed by atoms with Crippen molar-refractivity contribution in [3.8, 4) is 5.69 Å². The zero-order chi connectivity index (χ0) is 34.1. The second kappa shape index (κ2) is 12.1. The molecular weight excluding hydrogens is 633 g/mol. The third-order valence-corrected chi connectivity index (χ3v) is 13.0. The number of rotatable bonds is 9. The molecule has 2 saturated carbocycles. The van der Waals surface area contributed by atoms with E-state index < -0.39 is 10.0 Å². The molecule has 0 bridgehead atoms. The summed E-state index contributed by atoms with van der Waals surface area (Å²) >= 11 is 0. The van der Waals surface area contributed by atoms with Gasteiger partial charge in [-0.3, -0.25) is 14.3 Å². The van der Waals surface area contributed by atoms with Crippen LogP contribution in [0.4, 0.5) is 0 Å². The Morgan fingerprint density at radius 2 is 1.76 bits per heavy atom. The van der Waals surface area contributed by atoms with Crippen molar-refractivity contribution in [3.63, 3.8) is 0 Å². The van der Waals surface area contributed by atoms with E-state index in [4.69, 9.17) is 0 Å². The van der Waals surface area contributed by atoms with Crippen molar-refractivity contribution >= 4 is 20.9 Å². The molecule has 8 rings (SSSR count). The molecule has 10 heteroatoms. The summed E-state index contributed by atoms with van der Waals surface area (Å²) in [4.78, 5) is 17.4. The number of aromatic nitrogens is 5. The molecule has 0 amide bonds. The molecule has 3 aliphatic rings. The number of likely N-dealkylation sites (tertiary alicyclic amines) is 1. The summed E-state index contributed by atoms with van der Waals surface area (Å²) in [7, 11) is -2.10. The maximum Gasteiger partial charge on any atom is 0.280 e. The number of pyridine rings is 1. The van der Waals surface area contributed by atoms with E-state index in [9.17, 15) is 13.2 Å². The molecule has 1 saturated heterocycles. The van der Waals surface area contributed by atoms with Gasteiger partial charge >= 0.3 is 0 Å². The minimum absolute atomic E-state index is 0.100. The average Bonchev–Trinajstić information content (AvgIpc) is 3.71. The van der Waals surface area contributed by atoms with E-state index in [0.717, 1.165) is 79.6 Å². The van der Waals surface area contributed by atoms with Gasteiger partial charge in [0.2, 0.25) is 0 Å². The lowest BCUT2D eigenvalue weighted by molar-refractivity contribution is 0.152. The van der Waals surface area contributed by atoms with Gasteiger partial charge in [0.15, 0.2) is 0 Å². The van der Waals surface area contributed by atoms with Crippen molar-refractivity contribution in [2.45, 2.75) is 88.5 Å². The van der Waals surface area contributed by atoms with Crippen LogP contribution in [0.5, 0.6) is 0 Å². The highest BCUT2D eigenvalue weighted by Crippen LogP contribution is 2.50. The van der Waals surface area contributed by atoms with E-state index in [0.29, 0.717) is 30.0 Å². The summed E-state index contributed by atoms with van der Waals surface area (Å²) in [5, 5.41) is 9.30. The fourth-order valence-electron chi connectivity index (χ4n) is 8.63. The number of piperidine rings is 1. The molecule has 2 aliphatic carbocycles. The van der Waals surface area contributed by atoms with Crippen LogP contribution in [-0.2, 0) is 35.5 Å². The van der Waals surface area contributed by atoms with Gasteiger partial charge in [-0.25, -0.2) is 12.4 Å². The third kappa shape index (κ3) is 5.76. The first kappa shape index (κ1) is 32.2. The lowest BCUT2D eigenvalue weighted by atomic mass is 9.57. The zero-order valence-electron chi connectivity index (χ0n) is 29.0. The quantitative estimate of drug-likeness (QED) is 0.177. The van der Waals surface area contributed by atoms with Crippen LogP contribution in [0.15, 0.2) is 76.8 Å². The van der Waals surface area contributed by atoms with Crippen LogP contribution in [0.3, 0.4) is 0 Å². The molecule has 3 aromatic heterocycles. The van der Waals surface area contributed by atoms with E-state index >= 15 is 0 Å². The summed E-state index contributed by atoms with van der Waals surface area (Å²) in [5.74, 6) is 2.38. The summed E-state index contributed by atoms with van der Waals surface area (Å²) in [6, 6.07) is 17.3. The van der Waals surface area contributed by atoms with Crippen LogP contribution < -0.4 is 5.56 Å². The Morgan fingerprint density at radius 1 is 0.980 bits per heavy atom. The molecular formula is C39H46N6O3S. The molecule has 3 fully saturated rings. The molecule has 256 valence electrons. The van der Waals surface area contributed by atoms with Gasteiger partial charge in [-0.05, 0) is 111 Å². The van der Waals surface area contributed by atoms with E-state index in [-0.39, 0.29) is 21.4 Å². The van der Waals surface area contributed by atoms with Gasteiger partial charge in [0.05, 0.1) is 4.90 Å². The van der Waals surface area contributed by atoms with E-state index in [2.05, 4.69) is 41.1 Å². The molecule has 0 unspecified atom stereocenters. The number of nitrogens with zero attached hydrogens (tertiary/aromatic N) is 6. The zero-order valence-corrected chi connectivity index (χ0v) is 29.8. The molecule has 5 aromatic rings. The fourth-order valence-corrected chi connectivity index (χ4v) is 10.2. The van der Waals surface area contributed by atoms with Crippen molar-refractivity contribution in [1.29, 1.82) is 0 Å². The first-order valence-electron chi connectivity index (χ1n) is 17.8. The number of hydrogen-bond acceptors (Lipinski definition) is 6. The van der Waals surface area contributed by atoms with E-state index in [1.807, 2.05) is 55.1 Å². The Kier molecular flexibility index (Phi) is 7.94. The molecule has 2 aromatic carbocycles. The van der Waals surface area contributed by atoms with Crippen molar-refractivity contribution in [3.05, 3.63) is 106 Å². The highest BCUT2D eigenvalue weighted by molar-refractivity contribution is 7.90. The van der Waals surface area contributed by atoms with Crippen molar-refractivity contribution in [1.82, 2.24) is 28.2 Å². The Bertz CT molecular complexity index is 2200. The molecule has 0 N–H and O–H groups in total. The normalized spacial score (nSPS) is 23.2. The second-order valence-corrected chi connectivity index (χ2v) is 17.2. The standard InChI is InChI=1S/C39H46N6O3S/c1-26-10-14-33(15-11-26)49(47,48)45-32(23-43-16-6-7-27(2)22-43)18-34-35(29-12-13-29)24-44(38(46)37(34)45)31-9-5-8-30(17-31)39(19-28(3)20-39)21-36-41-40-25-42(36)4/h5,8-11,14-15,17-18,24-25,27-29H,6-7,12-13,16,19-23H2,1-4H3/t27-,28?,39?/m0/s1. The SMILES string of the molecule is Cc1ccc(S(=O)(=O)n2c(CN3CCC[C@H](C)C3)cc3c(C4CC4)cn(-c4cccc(C5(Cc6nncn6C)CC(C)C5)c4)c(=O)c32)cc1. The molecule has 1 atom stereocenters. The van der Waals surface area contributed by atoms with Crippen molar-refractivity contribution in [2.24, 2.45) is 18.9 Å². The second-order valence-electron chi connectivity index (χ2n) is 15.4. The van der Waals surface area contributed by atoms with E-state index in [1.165, 1.54) is 16.0 Å². The van der Waals surface area contributed by atoms with Crippen LogP contribution in [0.2, 0.25) is 0 Å². The predicted molar refractivity (Wildman–Crippen MR) is 192 cm³/mol. The van der Waals surface area contributed by atoms with Gasteiger partial charge in [0.1, 0.15) is 17.7 Å². The summed E-state index contributed by atoms with van der Waals surface area (Å²) in [6.07, 6.45) is 10.9. The van der Waals surface area contributed by atoms with Crippen LogP contribution in [0, 0.1) is 18.8 Å². The van der Waals surface area contributed by atoms with Crippen LogP contribution in [-0.4, -0.2) is 49.7 Å². The number of fused-ring (bicyclic) bond motifs is 1. The maximum atomic E-state index is 14.9. The summed E-state index contributed by atoms with van der Waals surface area (Å²) < 4.78 is 34.4. The molecule has 4 heterocycles. The Morgan fingerprint density at radius 3 is 2.43 bits per heavy atom. The maximum absolute atomic E-state index is 14.9. The van der Waals surface area contributed by atoms with Gasteiger partial charge < -0.3 is 4.57 Å². The van der Waals surface area contributed by atoms with Crippen molar-refractivity contribution in [2.75, 3.05) is 13.1 Å². The van der Waals surface area contributed by atoms with Crippen LogP contribution in [0.25, 0.3) is 16.6 Å². The monoisotopic (exact) mass is 678 g/mol. The lowest BCUT2D eigenvalue weighted by Crippen LogP contribution is -2.42. The topological polar surface area (TPSA) is 95.0 Å². The largest absolute Gasteiger partial charge is 0.321 e. The molecule has 0 radical (unpaired) electrons. The fraction of sp³-hybridized carbons (Fsp3) is 0.462. The summed E-state index contributed by atoms with van der Waals surface area (Å²) in [5.41, 5.74) is 4.46. The minimum atomic E-state index is -4.08. The number of aryl methyl sites for hydroxylation is 2. The van der Waals surface area contributed by atoms with Crippen molar-refractivity contribution < 1.29 is 8.42 Å². The summed E-state index contributed by atoms with van der Waals surface area (Å²) in [6.45, 7) is 8.78. The first-order valence-corrected chi connectivity index (χ1v) is 19.2. The van der Waals surface area contributed by atoms with Crippen LogP contribution >= 0.6 is 0 Å². The molecule has 1 aliphatic heterocycles. The Balaban J connectivity index is 1.31. The first-order chi connectivity index (χ1) is 23.5.